The average molecular weight is 280 g/mol. The molecule has 0 amide bonds. The van der Waals surface area contributed by atoms with E-state index in [0.717, 1.165) is 31.3 Å². The molecule has 0 N–H and O–H groups in total. The number of pyridine rings is 1. The van der Waals surface area contributed by atoms with Gasteiger partial charge in [-0.3, -0.25) is 14.7 Å². The summed E-state index contributed by atoms with van der Waals surface area (Å²) in [5.41, 5.74) is 2.45. The first-order valence-corrected chi connectivity index (χ1v) is 7.91. The number of hydrogen-bond acceptors (Lipinski definition) is 3. The molecule has 2 aliphatic heterocycles. The first-order chi connectivity index (χ1) is 10.3. The first kappa shape index (κ1) is 13.0. The van der Waals surface area contributed by atoms with Gasteiger partial charge in [-0.15, -0.1) is 0 Å². The van der Waals surface area contributed by atoms with Crippen molar-refractivity contribution in [3.8, 4) is 0 Å². The molecule has 1 aromatic heterocycles. The maximum Gasteiger partial charge on any atom is 0.136 e. The molecule has 0 spiro atoms. The van der Waals surface area contributed by atoms with E-state index in [-0.39, 0.29) is 0 Å². The molecule has 2 bridgehead atoms. The Morgan fingerprint density at radius 3 is 2.67 bits per heavy atom. The zero-order valence-electron chi connectivity index (χ0n) is 12.2. The second-order valence-electron chi connectivity index (χ2n) is 6.31. The molecule has 2 unspecified atom stereocenters. The third-order valence-electron chi connectivity index (χ3n) is 5.05. The number of nitrogens with zero attached hydrogens (tertiary/aromatic N) is 2. The van der Waals surface area contributed by atoms with Crippen molar-refractivity contribution in [2.45, 2.75) is 44.2 Å². The second kappa shape index (κ2) is 5.23. The van der Waals surface area contributed by atoms with Gasteiger partial charge in [0, 0.05) is 43.1 Å². The van der Waals surface area contributed by atoms with Crippen molar-refractivity contribution in [2.24, 2.45) is 0 Å². The summed E-state index contributed by atoms with van der Waals surface area (Å²) in [5.74, 6) is 0.463. The van der Waals surface area contributed by atoms with Crippen molar-refractivity contribution in [2.75, 3.05) is 6.54 Å². The summed E-state index contributed by atoms with van der Waals surface area (Å²) in [7, 11) is 0. The van der Waals surface area contributed by atoms with Crippen molar-refractivity contribution in [3.63, 3.8) is 0 Å². The topological polar surface area (TPSA) is 33.2 Å². The Morgan fingerprint density at radius 1 is 1.10 bits per heavy atom. The molecule has 0 saturated carbocycles. The monoisotopic (exact) mass is 280 g/mol. The van der Waals surface area contributed by atoms with Gasteiger partial charge in [-0.2, -0.15) is 0 Å². The van der Waals surface area contributed by atoms with Gasteiger partial charge >= 0.3 is 0 Å². The Labute approximate surface area is 125 Å². The maximum absolute atomic E-state index is 11.7. The standard InChI is InChI=1S/C18H20N2O/c21-17-11-15-6-7-16(12-17)20(15)10-8-14-4-1-3-13-5-2-9-19-18(13)14/h1-5,9,15-16H,6-8,10-12H2. The minimum atomic E-state index is 0.463. The number of Topliss-reactive ketones (excluding diaryl/α,β-unsaturated/α-hetero) is 1. The van der Waals surface area contributed by atoms with Crippen LogP contribution in [-0.2, 0) is 11.2 Å². The molecule has 2 saturated heterocycles. The lowest BCUT2D eigenvalue weighted by atomic mass is 10.00. The normalized spacial score (nSPS) is 25.6. The Balaban J connectivity index is 1.53. The van der Waals surface area contributed by atoms with Gasteiger partial charge in [-0.1, -0.05) is 24.3 Å². The molecule has 2 aromatic rings. The maximum atomic E-state index is 11.7. The molecule has 2 fully saturated rings. The van der Waals surface area contributed by atoms with E-state index in [1.807, 2.05) is 12.3 Å². The Bertz CT molecular complexity index is 660. The van der Waals surface area contributed by atoms with Crippen molar-refractivity contribution >= 4 is 16.7 Å². The summed E-state index contributed by atoms with van der Waals surface area (Å²) in [6, 6.07) is 11.5. The molecule has 21 heavy (non-hydrogen) atoms. The number of aromatic nitrogens is 1. The minimum absolute atomic E-state index is 0.463. The third-order valence-corrected chi connectivity index (χ3v) is 5.05. The van der Waals surface area contributed by atoms with Crippen LogP contribution >= 0.6 is 0 Å². The molecule has 4 rings (SSSR count). The van der Waals surface area contributed by atoms with Gasteiger partial charge < -0.3 is 0 Å². The van der Waals surface area contributed by atoms with Crippen molar-refractivity contribution < 1.29 is 4.79 Å². The molecule has 2 aliphatic rings. The van der Waals surface area contributed by atoms with Gasteiger partial charge in [-0.05, 0) is 30.9 Å². The first-order valence-electron chi connectivity index (χ1n) is 7.91. The number of carbonyl (C=O) groups excluding carboxylic acids is 1. The molecule has 3 heterocycles. The molecule has 3 heteroatoms. The van der Waals surface area contributed by atoms with Crippen molar-refractivity contribution in [3.05, 3.63) is 42.1 Å². The van der Waals surface area contributed by atoms with E-state index in [2.05, 4.69) is 34.1 Å². The van der Waals surface area contributed by atoms with Crippen LogP contribution in [0.25, 0.3) is 10.9 Å². The lowest BCUT2D eigenvalue weighted by molar-refractivity contribution is -0.123. The molecule has 0 radical (unpaired) electrons. The van der Waals surface area contributed by atoms with Crippen molar-refractivity contribution in [1.29, 1.82) is 0 Å². The van der Waals surface area contributed by atoms with Gasteiger partial charge in [0.2, 0.25) is 0 Å². The van der Waals surface area contributed by atoms with Crippen LogP contribution in [-0.4, -0.2) is 34.3 Å². The van der Waals surface area contributed by atoms with Crippen LogP contribution in [0.15, 0.2) is 36.5 Å². The fourth-order valence-corrected chi connectivity index (χ4v) is 4.05. The Hall–Kier alpha value is -1.74. The van der Waals surface area contributed by atoms with E-state index >= 15 is 0 Å². The van der Waals surface area contributed by atoms with E-state index < -0.39 is 0 Å². The minimum Gasteiger partial charge on any atom is -0.300 e. The highest BCUT2D eigenvalue weighted by atomic mass is 16.1. The molecule has 2 atom stereocenters. The number of carbonyl (C=O) groups is 1. The Kier molecular flexibility index (Phi) is 3.23. The molecular formula is C18H20N2O. The number of para-hydroxylation sites is 1. The quantitative estimate of drug-likeness (QED) is 0.866. The largest absolute Gasteiger partial charge is 0.300 e. The molecule has 3 nitrogen and oxygen atoms in total. The summed E-state index contributed by atoms with van der Waals surface area (Å²) >= 11 is 0. The number of ketones is 1. The second-order valence-corrected chi connectivity index (χ2v) is 6.31. The smallest absolute Gasteiger partial charge is 0.136 e. The van der Waals surface area contributed by atoms with Crippen LogP contribution in [0.1, 0.15) is 31.2 Å². The van der Waals surface area contributed by atoms with E-state index in [9.17, 15) is 4.79 Å². The van der Waals surface area contributed by atoms with Crippen LogP contribution in [0.3, 0.4) is 0 Å². The van der Waals surface area contributed by atoms with Crippen LogP contribution in [0.4, 0.5) is 0 Å². The van der Waals surface area contributed by atoms with E-state index in [1.54, 1.807) is 0 Å². The fourth-order valence-electron chi connectivity index (χ4n) is 4.05. The van der Waals surface area contributed by atoms with Crippen LogP contribution in [0.5, 0.6) is 0 Å². The summed E-state index contributed by atoms with van der Waals surface area (Å²) in [6.45, 7) is 1.05. The number of benzene rings is 1. The number of fused-ring (bicyclic) bond motifs is 3. The van der Waals surface area contributed by atoms with Gasteiger partial charge in [0.15, 0.2) is 0 Å². The van der Waals surface area contributed by atoms with Crippen LogP contribution < -0.4 is 0 Å². The van der Waals surface area contributed by atoms with Crippen molar-refractivity contribution in [1.82, 2.24) is 9.88 Å². The zero-order valence-corrected chi connectivity index (χ0v) is 12.2. The lowest BCUT2D eigenvalue weighted by Crippen LogP contribution is -2.44. The predicted octanol–water partition coefficient (Wildman–Crippen LogP) is 2.97. The number of piperidine rings is 1. The SMILES string of the molecule is O=C1CC2CCC(C1)N2CCc1cccc2cccnc12. The van der Waals surface area contributed by atoms with Gasteiger partial charge in [0.1, 0.15) is 5.78 Å². The highest BCUT2D eigenvalue weighted by Crippen LogP contribution is 2.34. The van der Waals surface area contributed by atoms with Gasteiger partial charge in [-0.25, -0.2) is 0 Å². The van der Waals surface area contributed by atoms with Gasteiger partial charge in [0.25, 0.3) is 0 Å². The number of hydrogen-bond donors (Lipinski definition) is 0. The van der Waals surface area contributed by atoms with E-state index in [1.165, 1.54) is 23.8 Å². The Morgan fingerprint density at radius 2 is 1.86 bits per heavy atom. The molecule has 108 valence electrons. The summed E-state index contributed by atoms with van der Waals surface area (Å²) in [5, 5.41) is 1.21. The molecule has 0 aliphatic carbocycles. The molecular weight excluding hydrogens is 260 g/mol. The van der Waals surface area contributed by atoms with Crippen LogP contribution in [0.2, 0.25) is 0 Å². The molecule has 1 aromatic carbocycles. The van der Waals surface area contributed by atoms with E-state index in [4.69, 9.17) is 0 Å². The highest BCUT2D eigenvalue weighted by Gasteiger charge is 2.39. The lowest BCUT2D eigenvalue weighted by Gasteiger charge is -2.33. The average Bonchev–Trinajstić information content (AvgIpc) is 2.75. The zero-order chi connectivity index (χ0) is 14.2. The van der Waals surface area contributed by atoms with Crippen LogP contribution in [0, 0.1) is 0 Å². The fraction of sp³-hybridized carbons (Fsp3) is 0.444. The number of rotatable bonds is 3. The van der Waals surface area contributed by atoms with E-state index in [0.29, 0.717) is 17.9 Å². The highest BCUT2D eigenvalue weighted by molar-refractivity contribution is 5.82. The summed E-state index contributed by atoms with van der Waals surface area (Å²) in [4.78, 5) is 18.8. The third kappa shape index (κ3) is 2.36. The predicted molar refractivity (Wildman–Crippen MR) is 83.2 cm³/mol. The van der Waals surface area contributed by atoms with Gasteiger partial charge in [0.05, 0.1) is 5.52 Å². The summed E-state index contributed by atoms with van der Waals surface area (Å²) in [6.07, 6.45) is 6.83. The summed E-state index contributed by atoms with van der Waals surface area (Å²) < 4.78 is 0.